The molecule has 1 atom stereocenters. The number of aliphatic carboxylic acids is 2. The molecule has 0 fully saturated rings. The molecule has 2 aromatic rings. The second-order valence-corrected chi connectivity index (χ2v) is 5.84. The predicted octanol–water partition coefficient (Wildman–Crippen LogP) is 2.26. The maximum absolute atomic E-state index is 11.6. The Kier molecular flexibility index (Phi) is 4.54. The fourth-order valence-electron chi connectivity index (χ4n) is 3.22. The summed E-state index contributed by atoms with van der Waals surface area (Å²) in [6.07, 6.45) is 1.23. The number of anilines is 1. The van der Waals surface area contributed by atoms with Gasteiger partial charge in [0.05, 0.1) is 11.6 Å². The second kappa shape index (κ2) is 6.78. The lowest BCUT2D eigenvalue weighted by atomic mass is 9.92. The normalized spacial score (nSPS) is 16.2. The molecule has 1 heterocycles. The van der Waals surface area contributed by atoms with Crippen LogP contribution in [0.3, 0.4) is 0 Å². The summed E-state index contributed by atoms with van der Waals surface area (Å²) in [5.41, 5.74) is 9.68. The van der Waals surface area contributed by atoms with Gasteiger partial charge in [0.2, 0.25) is 0 Å². The van der Waals surface area contributed by atoms with Crippen molar-refractivity contribution in [1.29, 1.82) is 0 Å². The molecule has 6 heteroatoms. The number of nitrogens with one attached hydrogen (secondary N) is 1. The molecule has 1 aliphatic rings. The number of carbonyl (C=O) groups is 2. The van der Waals surface area contributed by atoms with Crippen molar-refractivity contribution in [3.8, 4) is 0 Å². The number of nitrogens with two attached hydrogens (primary N) is 1. The van der Waals surface area contributed by atoms with E-state index in [-0.39, 0.29) is 11.6 Å². The Labute approximate surface area is 144 Å². The number of carboxylic acid groups (broad SMARTS) is 2. The fourth-order valence-corrected chi connectivity index (χ4v) is 3.22. The van der Waals surface area contributed by atoms with Crippen LogP contribution < -0.4 is 11.1 Å². The molecule has 6 nitrogen and oxygen atoms in total. The van der Waals surface area contributed by atoms with Crippen LogP contribution >= 0.6 is 0 Å². The lowest BCUT2D eigenvalue weighted by molar-refractivity contribution is -0.133. The van der Waals surface area contributed by atoms with Crippen molar-refractivity contribution in [2.24, 2.45) is 5.73 Å². The third-order valence-corrected chi connectivity index (χ3v) is 4.33. The van der Waals surface area contributed by atoms with E-state index < -0.39 is 11.9 Å². The van der Waals surface area contributed by atoms with Crippen LogP contribution in [0.4, 0.5) is 5.69 Å². The molecule has 0 saturated heterocycles. The van der Waals surface area contributed by atoms with E-state index in [4.69, 9.17) is 10.8 Å². The van der Waals surface area contributed by atoms with Gasteiger partial charge in [0.1, 0.15) is 0 Å². The van der Waals surface area contributed by atoms with Gasteiger partial charge < -0.3 is 21.3 Å². The number of hydrogen-bond donors (Lipinski definition) is 4. The van der Waals surface area contributed by atoms with Crippen LogP contribution in [0.15, 0.2) is 48.5 Å². The van der Waals surface area contributed by atoms with Crippen molar-refractivity contribution in [3.05, 3.63) is 70.8 Å². The Morgan fingerprint density at radius 3 is 2.60 bits per heavy atom. The van der Waals surface area contributed by atoms with Gasteiger partial charge in [-0.1, -0.05) is 36.4 Å². The summed E-state index contributed by atoms with van der Waals surface area (Å²) >= 11 is 0. The summed E-state index contributed by atoms with van der Waals surface area (Å²) in [6.45, 7) is 0.386. The molecule has 128 valence electrons. The van der Waals surface area contributed by atoms with E-state index in [1.807, 2.05) is 30.3 Å². The Morgan fingerprint density at radius 2 is 1.92 bits per heavy atom. The molecule has 2 aromatic carbocycles. The number of hydrogen-bond acceptors (Lipinski definition) is 4. The molecule has 0 bridgehead atoms. The Bertz CT molecular complexity index is 873. The van der Waals surface area contributed by atoms with Crippen LogP contribution in [0.2, 0.25) is 0 Å². The SMILES string of the molecule is NCC1Nc2cccc(/C(=C\C(=O)O)C(=O)O)c2Cc2ccccc21. The summed E-state index contributed by atoms with van der Waals surface area (Å²) < 4.78 is 0. The molecule has 0 amide bonds. The molecule has 1 unspecified atom stereocenters. The maximum atomic E-state index is 11.6. The van der Waals surface area contributed by atoms with Crippen LogP contribution in [0.1, 0.15) is 28.3 Å². The summed E-state index contributed by atoms with van der Waals surface area (Å²) in [7, 11) is 0. The molecule has 25 heavy (non-hydrogen) atoms. The summed E-state index contributed by atoms with van der Waals surface area (Å²) in [5.74, 6) is -2.57. The van der Waals surface area contributed by atoms with Crippen LogP contribution in [-0.2, 0) is 16.0 Å². The topological polar surface area (TPSA) is 113 Å². The minimum Gasteiger partial charge on any atom is -0.478 e. The lowest BCUT2D eigenvalue weighted by Crippen LogP contribution is -2.20. The zero-order valence-electron chi connectivity index (χ0n) is 13.4. The third-order valence-electron chi connectivity index (χ3n) is 4.33. The molecule has 0 spiro atoms. The van der Waals surface area contributed by atoms with Crippen LogP contribution in [0.5, 0.6) is 0 Å². The number of benzene rings is 2. The summed E-state index contributed by atoms with van der Waals surface area (Å²) in [5, 5.41) is 21.8. The van der Waals surface area contributed by atoms with Gasteiger partial charge in [-0.25, -0.2) is 9.59 Å². The van der Waals surface area contributed by atoms with Gasteiger partial charge >= 0.3 is 11.9 Å². The predicted molar refractivity (Wildman–Crippen MR) is 94.4 cm³/mol. The monoisotopic (exact) mass is 338 g/mol. The first-order valence-corrected chi connectivity index (χ1v) is 7.86. The van der Waals surface area contributed by atoms with E-state index in [0.29, 0.717) is 18.5 Å². The Balaban J connectivity index is 2.20. The number of rotatable bonds is 4. The first-order valence-electron chi connectivity index (χ1n) is 7.86. The van der Waals surface area contributed by atoms with E-state index in [1.54, 1.807) is 12.1 Å². The van der Waals surface area contributed by atoms with Gasteiger partial charge in [0, 0.05) is 24.7 Å². The number of fused-ring (bicyclic) bond motifs is 2. The number of carboxylic acids is 2. The van der Waals surface area contributed by atoms with Crippen LogP contribution in [0, 0.1) is 0 Å². The smallest absolute Gasteiger partial charge is 0.336 e. The van der Waals surface area contributed by atoms with E-state index in [0.717, 1.165) is 28.5 Å². The molecule has 5 N–H and O–H groups in total. The van der Waals surface area contributed by atoms with Gasteiger partial charge in [-0.3, -0.25) is 0 Å². The molecule has 3 rings (SSSR count). The highest BCUT2D eigenvalue weighted by Gasteiger charge is 2.24. The summed E-state index contributed by atoms with van der Waals surface area (Å²) in [6, 6.07) is 12.9. The van der Waals surface area contributed by atoms with E-state index in [9.17, 15) is 14.7 Å². The molecular formula is C19H18N2O4. The minimum atomic E-state index is -1.29. The largest absolute Gasteiger partial charge is 0.478 e. The lowest BCUT2D eigenvalue weighted by Gasteiger charge is -2.19. The molecule has 0 aromatic heterocycles. The van der Waals surface area contributed by atoms with E-state index in [1.165, 1.54) is 0 Å². The molecule has 0 aliphatic carbocycles. The highest BCUT2D eigenvalue weighted by molar-refractivity contribution is 6.20. The van der Waals surface area contributed by atoms with Gasteiger partial charge in [0.25, 0.3) is 0 Å². The average Bonchev–Trinajstić information content (AvgIpc) is 2.75. The van der Waals surface area contributed by atoms with Crippen LogP contribution in [-0.4, -0.2) is 28.7 Å². The standard InChI is InChI=1S/C19H18N2O4/c20-10-17-12-5-2-1-4-11(12)8-14-13(6-3-7-16(14)21-17)15(19(24)25)9-18(22)23/h1-7,9,17,21H,8,10,20H2,(H,22,23)(H,24,25)/b15-9+. The molecular weight excluding hydrogens is 320 g/mol. The average molecular weight is 338 g/mol. The van der Waals surface area contributed by atoms with Crippen molar-refractivity contribution < 1.29 is 19.8 Å². The quantitative estimate of drug-likeness (QED) is 0.636. The van der Waals surface area contributed by atoms with Gasteiger partial charge in [-0.05, 0) is 28.3 Å². The van der Waals surface area contributed by atoms with Crippen molar-refractivity contribution in [2.75, 3.05) is 11.9 Å². The first kappa shape index (κ1) is 16.7. The van der Waals surface area contributed by atoms with E-state index in [2.05, 4.69) is 5.32 Å². The highest BCUT2D eigenvalue weighted by Crippen LogP contribution is 2.35. The van der Waals surface area contributed by atoms with Gasteiger partial charge in [0.15, 0.2) is 0 Å². The molecule has 0 saturated carbocycles. The molecule has 0 radical (unpaired) electrons. The molecule has 1 aliphatic heterocycles. The van der Waals surface area contributed by atoms with Crippen molar-refractivity contribution >= 4 is 23.2 Å². The van der Waals surface area contributed by atoms with Crippen LogP contribution in [0.25, 0.3) is 5.57 Å². The van der Waals surface area contributed by atoms with Crippen molar-refractivity contribution in [1.82, 2.24) is 0 Å². The fraction of sp³-hybridized carbons (Fsp3) is 0.158. The van der Waals surface area contributed by atoms with Gasteiger partial charge in [-0.2, -0.15) is 0 Å². The highest BCUT2D eigenvalue weighted by atomic mass is 16.4. The minimum absolute atomic E-state index is 0.0931. The van der Waals surface area contributed by atoms with Crippen molar-refractivity contribution in [2.45, 2.75) is 12.5 Å². The van der Waals surface area contributed by atoms with Gasteiger partial charge in [-0.15, -0.1) is 0 Å². The van der Waals surface area contributed by atoms with Crippen molar-refractivity contribution in [3.63, 3.8) is 0 Å². The third kappa shape index (κ3) is 3.25. The summed E-state index contributed by atoms with van der Waals surface area (Å²) in [4.78, 5) is 22.6. The zero-order valence-corrected chi connectivity index (χ0v) is 13.4. The van der Waals surface area contributed by atoms with E-state index >= 15 is 0 Å². The zero-order chi connectivity index (χ0) is 18.0. The Morgan fingerprint density at radius 1 is 1.16 bits per heavy atom. The Hall–Kier alpha value is -3.12. The first-order chi connectivity index (χ1) is 12.0. The second-order valence-electron chi connectivity index (χ2n) is 5.84. The maximum Gasteiger partial charge on any atom is 0.336 e.